The summed E-state index contributed by atoms with van der Waals surface area (Å²) in [5, 5.41) is 0. The fourth-order valence-corrected chi connectivity index (χ4v) is 3.07. The molecule has 1 heterocycles. The second kappa shape index (κ2) is 6.84. The van der Waals surface area contributed by atoms with E-state index in [-0.39, 0.29) is 0 Å². The summed E-state index contributed by atoms with van der Waals surface area (Å²) in [7, 11) is 3.35. The Balaban J connectivity index is 1.62. The summed E-state index contributed by atoms with van der Waals surface area (Å²) < 4.78 is 10.7. The summed E-state index contributed by atoms with van der Waals surface area (Å²) in [6.07, 6.45) is 2.19. The minimum atomic E-state index is 0.790. The molecule has 0 aliphatic carbocycles. The maximum atomic E-state index is 5.38. The monoisotopic (exact) mass is 297 g/mol. The van der Waals surface area contributed by atoms with Crippen molar-refractivity contribution in [2.45, 2.75) is 19.4 Å². The third kappa shape index (κ3) is 3.25. The Labute approximate surface area is 132 Å². The van der Waals surface area contributed by atoms with Gasteiger partial charge in [-0.1, -0.05) is 30.3 Å². The summed E-state index contributed by atoms with van der Waals surface area (Å²) in [5.41, 5.74) is 4.27. The second-order valence-electron chi connectivity index (χ2n) is 5.73. The Bertz CT molecular complexity index is 639. The van der Waals surface area contributed by atoms with Gasteiger partial charge < -0.3 is 9.47 Å². The molecule has 0 fully saturated rings. The number of hydrogen-bond acceptors (Lipinski definition) is 3. The molecule has 0 radical (unpaired) electrons. The minimum Gasteiger partial charge on any atom is -0.493 e. The molecule has 0 aromatic heterocycles. The number of benzene rings is 2. The number of methoxy groups -OCH3 is 2. The average molecular weight is 297 g/mol. The molecule has 0 spiro atoms. The molecule has 22 heavy (non-hydrogen) atoms. The topological polar surface area (TPSA) is 21.7 Å². The fourth-order valence-electron chi connectivity index (χ4n) is 3.07. The lowest BCUT2D eigenvalue weighted by molar-refractivity contribution is 0.257. The molecule has 0 saturated heterocycles. The van der Waals surface area contributed by atoms with Crippen LogP contribution in [0, 0.1) is 0 Å². The van der Waals surface area contributed by atoms with Crippen LogP contribution in [0.3, 0.4) is 0 Å². The maximum Gasteiger partial charge on any atom is 0.160 e. The fraction of sp³-hybridized carbons (Fsp3) is 0.368. The third-order valence-electron chi connectivity index (χ3n) is 4.37. The van der Waals surface area contributed by atoms with E-state index in [1.807, 2.05) is 6.07 Å². The first-order chi connectivity index (χ1) is 10.8. The minimum absolute atomic E-state index is 0.790. The van der Waals surface area contributed by atoms with Crippen LogP contribution in [0.5, 0.6) is 11.5 Å². The molecule has 3 heteroatoms. The first-order valence-corrected chi connectivity index (χ1v) is 7.80. The van der Waals surface area contributed by atoms with E-state index in [0.717, 1.165) is 44.0 Å². The van der Waals surface area contributed by atoms with Crippen LogP contribution in [0.15, 0.2) is 42.5 Å². The van der Waals surface area contributed by atoms with Gasteiger partial charge in [0, 0.05) is 19.6 Å². The van der Waals surface area contributed by atoms with Crippen molar-refractivity contribution < 1.29 is 9.47 Å². The van der Waals surface area contributed by atoms with Gasteiger partial charge in [0.2, 0.25) is 0 Å². The zero-order valence-corrected chi connectivity index (χ0v) is 13.3. The van der Waals surface area contributed by atoms with Gasteiger partial charge in [-0.05, 0) is 41.7 Å². The van der Waals surface area contributed by atoms with Crippen molar-refractivity contribution in [1.29, 1.82) is 0 Å². The summed E-state index contributed by atoms with van der Waals surface area (Å²) in [4.78, 5) is 2.53. The van der Waals surface area contributed by atoms with Crippen LogP contribution in [-0.4, -0.2) is 32.2 Å². The lowest BCUT2D eigenvalue weighted by Gasteiger charge is -2.28. The molecule has 3 rings (SSSR count). The summed E-state index contributed by atoms with van der Waals surface area (Å²) in [5.74, 6) is 1.60. The number of fused-ring (bicyclic) bond motifs is 1. The highest BCUT2D eigenvalue weighted by Crippen LogP contribution is 2.28. The molecule has 0 atom stereocenters. The van der Waals surface area contributed by atoms with Crippen molar-refractivity contribution in [2.24, 2.45) is 0 Å². The van der Waals surface area contributed by atoms with Gasteiger partial charge in [-0.3, -0.25) is 4.90 Å². The van der Waals surface area contributed by atoms with Crippen LogP contribution < -0.4 is 9.47 Å². The number of nitrogens with zero attached hydrogens (tertiary/aromatic N) is 1. The van der Waals surface area contributed by atoms with Gasteiger partial charge in [0.15, 0.2) is 11.5 Å². The average Bonchev–Trinajstić information content (AvgIpc) is 2.59. The molecular weight excluding hydrogens is 274 g/mol. The molecule has 3 nitrogen and oxygen atoms in total. The van der Waals surface area contributed by atoms with E-state index in [9.17, 15) is 0 Å². The molecule has 0 saturated carbocycles. The van der Waals surface area contributed by atoms with Crippen LogP contribution in [0.4, 0.5) is 0 Å². The van der Waals surface area contributed by atoms with E-state index in [1.165, 1.54) is 16.7 Å². The maximum absolute atomic E-state index is 5.38. The zero-order chi connectivity index (χ0) is 15.4. The molecule has 0 amide bonds. The van der Waals surface area contributed by atoms with Gasteiger partial charge in [-0.25, -0.2) is 0 Å². The zero-order valence-electron chi connectivity index (χ0n) is 13.3. The van der Waals surface area contributed by atoms with E-state index in [4.69, 9.17) is 9.47 Å². The van der Waals surface area contributed by atoms with Crippen LogP contribution in [0.2, 0.25) is 0 Å². The largest absolute Gasteiger partial charge is 0.493 e. The van der Waals surface area contributed by atoms with Crippen molar-refractivity contribution in [2.75, 3.05) is 27.3 Å². The van der Waals surface area contributed by atoms with Gasteiger partial charge >= 0.3 is 0 Å². The van der Waals surface area contributed by atoms with Crippen LogP contribution in [0.25, 0.3) is 0 Å². The molecule has 0 bridgehead atoms. The molecule has 2 aromatic carbocycles. The van der Waals surface area contributed by atoms with Gasteiger partial charge in [0.05, 0.1) is 14.2 Å². The van der Waals surface area contributed by atoms with Crippen LogP contribution in [0.1, 0.15) is 16.7 Å². The van der Waals surface area contributed by atoms with Crippen molar-refractivity contribution in [3.05, 3.63) is 59.2 Å². The van der Waals surface area contributed by atoms with E-state index in [1.54, 1.807) is 14.2 Å². The highest BCUT2D eigenvalue weighted by atomic mass is 16.5. The molecule has 116 valence electrons. The predicted molar refractivity (Wildman–Crippen MR) is 88.7 cm³/mol. The molecular formula is C19H23NO2. The van der Waals surface area contributed by atoms with E-state index in [0.29, 0.717) is 0 Å². The summed E-state index contributed by atoms with van der Waals surface area (Å²) in [6.45, 7) is 3.28. The molecule has 0 unspecified atom stereocenters. The first kappa shape index (κ1) is 14.9. The lowest BCUT2D eigenvalue weighted by Crippen LogP contribution is -2.32. The van der Waals surface area contributed by atoms with Crippen LogP contribution >= 0.6 is 0 Å². The van der Waals surface area contributed by atoms with Crippen molar-refractivity contribution in [1.82, 2.24) is 4.90 Å². The molecule has 2 aromatic rings. The number of rotatable bonds is 5. The molecule has 1 aliphatic heterocycles. The SMILES string of the molecule is COc1ccc(CCN2CCc3ccccc3C2)cc1OC. The Morgan fingerprint density at radius 1 is 0.955 bits per heavy atom. The Morgan fingerprint density at radius 3 is 2.50 bits per heavy atom. The normalized spacial score (nSPS) is 14.5. The Morgan fingerprint density at radius 2 is 1.73 bits per heavy atom. The summed E-state index contributed by atoms with van der Waals surface area (Å²) in [6, 6.07) is 15.0. The Kier molecular flexibility index (Phi) is 4.64. The first-order valence-electron chi connectivity index (χ1n) is 7.80. The Hall–Kier alpha value is -2.00. The molecule has 1 aliphatic rings. The standard InChI is InChI=1S/C19H23NO2/c1-21-18-8-7-15(13-19(18)22-2)9-11-20-12-10-16-5-3-4-6-17(16)14-20/h3-8,13H,9-12,14H2,1-2H3. The number of hydrogen-bond donors (Lipinski definition) is 0. The predicted octanol–water partition coefficient (Wildman–Crippen LogP) is 3.30. The van der Waals surface area contributed by atoms with E-state index < -0.39 is 0 Å². The van der Waals surface area contributed by atoms with Crippen LogP contribution in [-0.2, 0) is 19.4 Å². The molecule has 0 N–H and O–H groups in total. The number of ether oxygens (including phenoxy) is 2. The second-order valence-corrected chi connectivity index (χ2v) is 5.73. The highest BCUT2D eigenvalue weighted by molar-refractivity contribution is 5.43. The quantitative estimate of drug-likeness (QED) is 0.845. The van der Waals surface area contributed by atoms with Crippen molar-refractivity contribution >= 4 is 0 Å². The van der Waals surface area contributed by atoms with E-state index in [2.05, 4.69) is 41.3 Å². The summed E-state index contributed by atoms with van der Waals surface area (Å²) >= 11 is 0. The van der Waals surface area contributed by atoms with Gasteiger partial charge in [-0.15, -0.1) is 0 Å². The van der Waals surface area contributed by atoms with Crippen molar-refractivity contribution in [3.8, 4) is 11.5 Å². The highest BCUT2D eigenvalue weighted by Gasteiger charge is 2.15. The smallest absolute Gasteiger partial charge is 0.160 e. The van der Waals surface area contributed by atoms with E-state index >= 15 is 0 Å². The lowest BCUT2D eigenvalue weighted by atomic mass is 9.99. The van der Waals surface area contributed by atoms with Gasteiger partial charge in [-0.2, -0.15) is 0 Å². The van der Waals surface area contributed by atoms with Gasteiger partial charge in [0.25, 0.3) is 0 Å². The van der Waals surface area contributed by atoms with Gasteiger partial charge in [0.1, 0.15) is 0 Å². The third-order valence-corrected chi connectivity index (χ3v) is 4.37. The van der Waals surface area contributed by atoms with Crippen molar-refractivity contribution in [3.63, 3.8) is 0 Å².